The molecule has 0 unspecified atom stereocenters. The van der Waals surface area contributed by atoms with Gasteiger partial charge >= 0.3 is 0 Å². The van der Waals surface area contributed by atoms with E-state index in [9.17, 15) is 0 Å². The van der Waals surface area contributed by atoms with Crippen molar-refractivity contribution in [3.8, 4) is 0 Å². The summed E-state index contributed by atoms with van der Waals surface area (Å²) in [7, 11) is 0. The maximum absolute atomic E-state index is 5.78. The average Bonchev–Trinajstić information content (AvgIpc) is 2.27. The van der Waals surface area contributed by atoms with Crippen molar-refractivity contribution in [3.05, 3.63) is 41.3 Å². The lowest BCUT2D eigenvalue weighted by molar-refractivity contribution is 0.902. The monoisotopic (exact) mass is 246 g/mol. The predicted molar refractivity (Wildman–Crippen MR) is 69.7 cm³/mol. The highest BCUT2D eigenvalue weighted by Crippen LogP contribution is 2.21. The summed E-state index contributed by atoms with van der Waals surface area (Å²) in [5.41, 5.74) is 8.76. The fourth-order valence-electron chi connectivity index (χ4n) is 1.47. The van der Waals surface area contributed by atoms with E-state index in [-0.39, 0.29) is 0 Å². The topological polar surface area (TPSA) is 64.7 Å². The molecule has 88 valence electrons. The summed E-state index contributed by atoms with van der Waals surface area (Å²) >= 11 is 1.57. The minimum atomic E-state index is 0.573. The first-order valence-electron chi connectivity index (χ1n) is 5.29. The molecule has 0 bridgehead atoms. The summed E-state index contributed by atoms with van der Waals surface area (Å²) < 4.78 is 0. The van der Waals surface area contributed by atoms with Gasteiger partial charge in [-0.25, -0.2) is 15.0 Å². The first-order chi connectivity index (χ1) is 8.15. The number of hydrogen-bond donors (Lipinski definition) is 1. The van der Waals surface area contributed by atoms with Gasteiger partial charge in [0.25, 0.3) is 0 Å². The number of pyridine rings is 1. The minimum Gasteiger partial charge on any atom is -0.383 e. The van der Waals surface area contributed by atoms with Crippen molar-refractivity contribution in [2.45, 2.75) is 24.8 Å². The van der Waals surface area contributed by atoms with E-state index in [1.807, 2.05) is 32.0 Å². The van der Waals surface area contributed by atoms with E-state index in [0.717, 1.165) is 27.9 Å². The molecule has 0 aliphatic rings. The van der Waals surface area contributed by atoms with Crippen LogP contribution < -0.4 is 5.73 Å². The molecule has 2 rings (SSSR count). The summed E-state index contributed by atoms with van der Waals surface area (Å²) in [6, 6.07) is 5.81. The van der Waals surface area contributed by atoms with E-state index in [1.54, 1.807) is 18.0 Å². The van der Waals surface area contributed by atoms with E-state index in [0.29, 0.717) is 5.82 Å². The van der Waals surface area contributed by atoms with Gasteiger partial charge in [0.05, 0.1) is 0 Å². The molecule has 0 saturated carbocycles. The second kappa shape index (κ2) is 5.14. The number of nitrogens with zero attached hydrogens (tertiary/aromatic N) is 3. The molecule has 2 heterocycles. The molecule has 0 saturated heterocycles. The Hall–Kier alpha value is -1.62. The van der Waals surface area contributed by atoms with Crippen LogP contribution in [0.25, 0.3) is 0 Å². The standard InChI is InChI=1S/C12H14N4S/c1-8-6-9(2)16-12(15-8)17-7-10-4-3-5-14-11(10)13/h3-6H,7H2,1-2H3,(H2,13,14). The number of nitrogen functional groups attached to an aromatic ring is 1. The third kappa shape index (κ3) is 3.17. The maximum atomic E-state index is 5.78. The van der Waals surface area contributed by atoms with E-state index >= 15 is 0 Å². The second-order valence-corrected chi connectivity index (χ2v) is 4.71. The molecule has 0 atom stereocenters. The van der Waals surface area contributed by atoms with Crippen LogP contribution in [-0.2, 0) is 5.75 Å². The Balaban J connectivity index is 2.10. The molecule has 17 heavy (non-hydrogen) atoms. The lowest BCUT2D eigenvalue weighted by atomic mass is 10.3. The Morgan fingerprint density at radius 2 is 1.94 bits per heavy atom. The van der Waals surface area contributed by atoms with Crippen molar-refractivity contribution in [3.63, 3.8) is 0 Å². The molecule has 4 nitrogen and oxygen atoms in total. The molecule has 2 N–H and O–H groups in total. The van der Waals surface area contributed by atoms with Gasteiger partial charge in [0.1, 0.15) is 5.82 Å². The Kier molecular flexibility index (Phi) is 3.58. The molecular weight excluding hydrogens is 232 g/mol. The molecule has 0 radical (unpaired) electrons. The van der Waals surface area contributed by atoms with Crippen LogP contribution in [0.5, 0.6) is 0 Å². The van der Waals surface area contributed by atoms with Gasteiger partial charge in [0, 0.05) is 28.9 Å². The van der Waals surface area contributed by atoms with Gasteiger partial charge in [-0.2, -0.15) is 0 Å². The highest BCUT2D eigenvalue weighted by molar-refractivity contribution is 7.98. The highest BCUT2D eigenvalue weighted by atomic mass is 32.2. The van der Waals surface area contributed by atoms with Gasteiger partial charge in [0.2, 0.25) is 0 Å². The molecule has 5 heteroatoms. The van der Waals surface area contributed by atoms with Crippen molar-refractivity contribution in [1.29, 1.82) is 0 Å². The SMILES string of the molecule is Cc1cc(C)nc(SCc2cccnc2N)n1. The normalized spacial score (nSPS) is 10.5. The third-order valence-electron chi connectivity index (χ3n) is 2.24. The Morgan fingerprint density at radius 1 is 1.24 bits per heavy atom. The molecule has 0 aliphatic carbocycles. The van der Waals surface area contributed by atoms with Crippen LogP contribution in [0.15, 0.2) is 29.6 Å². The van der Waals surface area contributed by atoms with Crippen LogP contribution in [0.3, 0.4) is 0 Å². The molecule has 2 aromatic rings. The first-order valence-corrected chi connectivity index (χ1v) is 6.28. The van der Waals surface area contributed by atoms with Crippen molar-refractivity contribution in [2.75, 3.05) is 5.73 Å². The van der Waals surface area contributed by atoms with Crippen LogP contribution >= 0.6 is 11.8 Å². The Bertz CT molecular complexity index is 507. The minimum absolute atomic E-state index is 0.573. The lowest BCUT2D eigenvalue weighted by Crippen LogP contribution is -1.97. The zero-order valence-corrected chi connectivity index (χ0v) is 10.7. The Labute approximate surface area is 105 Å². The number of thioether (sulfide) groups is 1. The number of rotatable bonds is 3. The van der Waals surface area contributed by atoms with Gasteiger partial charge in [-0.1, -0.05) is 17.8 Å². The smallest absolute Gasteiger partial charge is 0.188 e. The highest BCUT2D eigenvalue weighted by Gasteiger charge is 2.04. The molecule has 0 aromatic carbocycles. The van der Waals surface area contributed by atoms with Crippen LogP contribution in [0.1, 0.15) is 17.0 Å². The van der Waals surface area contributed by atoms with Crippen molar-refractivity contribution < 1.29 is 0 Å². The van der Waals surface area contributed by atoms with Crippen LogP contribution in [0, 0.1) is 13.8 Å². The summed E-state index contributed by atoms with van der Waals surface area (Å²) in [5.74, 6) is 1.31. The van der Waals surface area contributed by atoms with Crippen molar-refractivity contribution in [2.24, 2.45) is 0 Å². The molecule has 0 spiro atoms. The van der Waals surface area contributed by atoms with E-state index in [4.69, 9.17) is 5.73 Å². The summed E-state index contributed by atoms with van der Waals surface area (Å²) in [6.07, 6.45) is 1.69. The first kappa shape index (κ1) is 11.9. The van der Waals surface area contributed by atoms with E-state index in [1.165, 1.54) is 0 Å². The van der Waals surface area contributed by atoms with Gasteiger partial charge < -0.3 is 5.73 Å². The lowest BCUT2D eigenvalue weighted by Gasteiger charge is -2.04. The molecular formula is C12H14N4S. The van der Waals surface area contributed by atoms with E-state index < -0.39 is 0 Å². The Morgan fingerprint density at radius 3 is 2.59 bits per heavy atom. The van der Waals surface area contributed by atoms with E-state index in [2.05, 4.69) is 15.0 Å². The second-order valence-electron chi connectivity index (χ2n) is 3.77. The third-order valence-corrected chi connectivity index (χ3v) is 3.14. The fraction of sp³-hybridized carbons (Fsp3) is 0.250. The van der Waals surface area contributed by atoms with Gasteiger partial charge in [-0.15, -0.1) is 0 Å². The fourth-order valence-corrected chi connectivity index (χ4v) is 2.42. The number of hydrogen-bond acceptors (Lipinski definition) is 5. The number of nitrogens with two attached hydrogens (primary N) is 1. The maximum Gasteiger partial charge on any atom is 0.188 e. The average molecular weight is 246 g/mol. The largest absolute Gasteiger partial charge is 0.383 e. The van der Waals surface area contributed by atoms with Gasteiger partial charge in [-0.3, -0.25) is 0 Å². The van der Waals surface area contributed by atoms with Crippen molar-refractivity contribution in [1.82, 2.24) is 15.0 Å². The molecule has 0 aliphatic heterocycles. The number of aryl methyl sites for hydroxylation is 2. The van der Waals surface area contributed by atoms with Crippen LogP contribution in [0.4, 0.5) is 5.82 Å². The molecule has 0 amide bonds. The quantitative estimate of drug-likeness (QED) is 0.665. The molecule has 0 fully saturated rings. The summed E-state index contributed by atoms with van der Waals surface area (Å²) in [5, 5.41) is 0.783. The van der Waals surface area contributed by atoms with Crippen LogP contribution in [0.2, 0.25) is 0 Å². The number of anilines is 1. The number of aromatic nitrogens is 3. The zero-order valence-electron chi connectivity index (χ0n) is 9.84. The van der Waals surface area contributed by atoms with Crippen molar-refractivity contribution >= 4 is 17.6 Å². The summed E-state index contributed by atoms with van der Waals surface area (Å²) in [4.78, 5) is 12.8. The molecule has 2 aromatic heterocycles. The predicted octanol–water partition coefficient (Wildman–Crippen LogP) is 2.36. The van der Waals surface area contributed by atoms with Gasteiger partial charge in [0.15, 0.2) is 5.16 Å². The zero-order chi connectivity index (χ0) is 12.3. The summed E-state index contributed by atoms with van der Waals surface area (Å²) in [6.45, 7) is 3.94. The van der Waals surface area contributed by atoms with Gasteiger partial charge in [-0.05, 0) is 26.0 Å². The van der Waals surface area contributed by atoms with Crippen LogP contribution in [-0.4, -0.2) is 15.0 Å².